The summed E-state index contributed by atoms with van der Waals surface area (Å²) in [4.78, 5) is 30.7. The fourth-order valence-electron chi connectivity index (χ4n) is 2.88. The van der Waals surface area contributed by atoms with Crippen LogP contribution < -0.4 is 4.90 Å². The number of nitrogens with zero attached hydrogens (tertiary/aromatic N) is 5. The molecule has 128 valence electrons. The molecule has 1 aromatic carbocycles. The molecule has 25 heavy (non-hydrogen) atoms. The summed E-state index contributed by atoms with van der Waals surface area (Å²) in [6, 6.07) is 6.30. The molecule has 0 unspecified atom stereocenters. The van der Waals surface area contributed by atoms with Crippen LogP contribution in [0.15, 0.2) is 41.7 Å². The zero-order valence-corrected chi connectivity index (χ0v) is 15.4. The summed E-state index contributed by atoms with van der Waals surface area (Å²) in [6.45, 7) is 2.89. The van der Waals surface area contributed by atoms with Crippen LogP contribution >= 0.6 is 23.1 Å². The van der Waals surface area contributed by atoms with Crippen molar-refractivity contribution >= 4 is 44.4 Å². The van der Waals surface area contributed by atoms with Crippen molar-refractivity contribution < 1.29 is 4.79 Å². The molecular weight excluding hydrogens is 354 g/mol. The largest absolute Gasteiger partial charge is 0.345 e. The van der Waals surface area contributed by atoms with Crippen molar-refractivity contribution in [1.29, 1.82) is 0 Å². The first-order chi connectivity index (χ1) is 12.3. The number of rotatable bonds is 3. The van der Waals surface area contributed by atoms with E-state index in [2.05, 4.69) is 39.3 Å². The lowest BCUT2D eigenvalue weighted by Crippen LogP contribution is -2.49. The summed E-state index contributed by atoms with van der Waals surface area (Å²) in [5.74, 6) is -0.0540. The van der Waals surface area contributed by atoms with E-state index in [-0.39, 0.29) is 5.91 Å². The Morgan fingerprint density at radius 1 is 1.20 bits per heavy atom. The van der Waals surface area contributed by atoms with Gasteiger partial charge in [0.15, 0.2) is 5.13 Å². The molecule has 8 heteroatoms. The van der Waals surface area contributed by atoms with Crippen molar-refractivity contribution in [1.82, 2.24) is 19.9 Å². The Kier molecular flexibility index (Phi) is 4.54. The number of anilines is 1. The van der Waals surface area contributed by atoms with Gasteiger partial charge in [-0.3, -0.25) is 9.78 Å². The summed E-state index contributed by atoms with van der Waals surface area (Å²) >= 11 is 3.44. The van der Waals surface area contributed by atoms with E-state index in [9.17, 15) is 4.79 Å². The molecule has 1 aliphatic rings. The second-order valence-corrected chi connectivity index (χ2v) is 7.53. The maximum Gasteiger partial charge on any atom is 0.274 e. The number of hydrogen-bond donors (Lipinski definition) is 0. The lowest BCUT2D eigenvalue weighted by Gasteiger charge is -2.34. The summed E-state index contributed by atoms with van der Waals surface area (Å²) in [7, 11) is 0. The van der Waals surface area contributed by atoms with Crippen molar-refractivity contribution in [2.24, 2.45) is 0 Å². The van der Waals surface area contributed by atoms with E-state index in [1.54, 1.807) is 35.5 Å². The highest BCUT2D eigenvalue weighted by Crippen LogP contribution is 2.34. The van der Waals surface area contributed by atoms with Crippen LogP contribution in [0.5, 0.6) is 0 Å². The normalized spacial score (nSPS) is 14.9. The summed E-state index contributed by atoms with van der Waals surface area (Å²) in [5, 5.41) is 1.03. The number of aromatic nitrogens is 3. The Balaban J connectivity index is 1.48. The quantitative estimate of drug-likeness (QED) is 0.660. The highest BCUT2D eigenvalue weighted by atomic mass is 32.2. The van der Waals surface area contributed by atoms with E-state index >= 15 is 0 Å². The van der Waals surface area contributed by atoms with Gasteiger partial charge in [0.2, 0.25) is 0 Å². The van der Waals surface area contributed by atoms with Gasteiger partial charge in [0.05, 0.1) is 16.4 Å². The third-order valence-corrected chi connectivity index (χ3v) is 6.06. The number of carbonyl (C=O) groups excluding carboxylic acids is 1. The number of para-hydroxylation sites is 1. The van der Waals surface area contributed by atoms with Crippen LogP contribution in [0.4, 0.5) is 5.13 Å². The number of hydrogen-bond acceptors (Lipinski definition) is 7. The summed E-state index contributed by atoms with van der Waals surface area (Å²) < 4.78 is 1.21. The van der Waals surface area contributed by atoms with Crippen molar-refractivity contribution in [3.63, 3.8) is 0 Å². The molecule has 2 aromatic heterocycles. The first-order valence-corrected chi connectivity index (χ1v) is 10.0. The first kappa shape index (κ1) is 16.3. The Morgan fingerprint density at radius 3 is 2.76 bits per heavy atom. The topological polar surface area (TPSA) is 62.2 Å². The first-order valence-electron chi connectivity index (χ1n) is 8.00. The van der Waals surface area contributed by atoms with Crippen LogP contribution in [-0.2, 0) is 0 Å². The average molecular weight is 371 g/mol. The molecule has 0 radical (unpaired) electrons. The molecule has 1 aliphatic heterocycles. The Labute approximate surface area is 153 Å². The zero-order chi connectivity index (χ0) is 17.2. The van der Waals surface area contributed by atoms with Crippen LogP contribution in [0.3, 0.4) is 0 Å². The van der Waals surface area contributed by atoms with E-state index in [0.29, 0.717) is 18.8 Å². The molecule has 0 bridgehead atoms. The SMILES string of the molecule is CSc1cccc2sc(N3CCN(C(=O)c4cnccn4)CC3)nc12. The molecule has 1 saturated heterocycles. The van der Waals surface area contributed by atoms with E-state index in [0.717, 1.165) is 23.7 Å². The molecule has 0 saturated carbocycles. The van der Waals surface area contributed by atoms with E-state index in [1.807, 2.05) is 4.90 Å². The van der Waals surface area contributed by atoms with Gasteiger partial charge in [0.1, 0.15) is 5.69 Å². The number of benzene rings is 1. The fraction of sp³-hybridized carbons (Fsp3) is 0.294. The van der Waals surface area contributed by atoms with E-state index in [1.165, 1.54) is 15.8 Å². The van der Waals surface area contributed by atoms with Crippen LogP contribution in [0, 0.1) is 0 Å². The number of carbonyl (C=O) groups is 1. The average Bonchev–Trinajstić information content (AvgIpc) is 3.12. The van der Waals surface area contributed by atoms with Gasteiger partial charge < -0.3 is 9.80 Å². The van der Waals surface area contributed by atoms with Gasteiger partial charge in [-0.1, -0.05) is 17.4 Å². The lowest BCUT2D eigenvalue weighted by atomic mass is 10.3. The molecular formula is C17H17N5OS2. The van der Waals surface area contributed by atoms with Crippen LogP contribution in [0.1, 0.15) is 10.5 Å². The standard InChI is InChI=1S/C17H17N5OS2/c1-24-13-3-2-4-14-15(13)20-17(25-14)22-9-7-21(8-10-22)16(23)12-11-18-5-6-19-12/h2-6,11H,7-10H2,1H3. The highest BCUT2D eigenvalue weighted by molar-refractivity contribution is 7.98. The molecule has 0 aliphatic carbocycles. The smallest absolute Gasteiger partial charge is 0.274 e. The zero-order valence-electron chi connectivity index (χ0n) is 13.8. The Bertz CT molecular complexity index is 890. The predicted octanol–water partition coefficient (Wildman–Crippen LogP) is 2.77. The van der Waals surface area contributed by atoms with Crippen molar-refractivity contribution in [3.05, 3.63) is 42.5 Å². The summed E-state index contributed by atoms with van der Waals surface area (Å²) in [6.07, 6.45) is 6.72. The minimum atomic E-state index is -0.0540. The van der Waals surface area contributed by atoms with Gasteiger partial charge in [-0.05, 0) is 18.4 Å². The van der Waals surface area contributed by atoms with Gasteiger partial charge in [0, 0.05) is 43.5 Å². The van der Waals surface area contributed by atoms with Crippen molar-refractivity contribution in [2.75, 3.05) is 37.3 Å². The molecule has 3 aromatic rings. The number of piperazine rings is 1. The highest BCUT2D eigenvalue weighted by Gasteiger charge is 2.24. The molecule has 0 atom stereocenters. The van der Waals surface area contributed by atoms with E-state index < -0.39 is 0 Å². The number of fused-ring (bicyclic) bond motifs is 1. The Hall–Kier alpha value is -2.19. The molecule has 0 N–H and O–H groups in total. The second kappa shape index (κ2) is 6.97. The van der Waals surface area contributed by atoms with Gasteiger partial charge in [0.25, 0.3) is 5.91 Å². The Morgan fingerprint density at radius 2 is 2.04 bits per heavy atom. The number of thiazole rings is 1. The van der Waals surface area contributed by atoms with E-state index in [4.69, 9.17) is 4.98 Å². The number of amides is 1. The lowest BCUT2D eigenvalue weighted by molar-refractivity contribution is 0.0740. The molecule has 4 rings (SSSR count). The van der Waals surface area contributed by atoms with Gasteiger partial charge in [-0.15, -0.1) is 11.8 Å². The third-order valence-electron chi connectivity index (χ3n) is 4.21. The maximum absolute atomic E-state index is 12.5. The minimum Gasteiger partial charge on any atom is -0.345 e. The molecule has 1 fully saturated rings. The number of thioether (sulfide) groups is 1. The molecule has 6 nitrogen and oxygen atoms in total. The monoisotopic (exact) mass is 371 g/mol. The minimum absolute atomic E-state index is 0.0540. The van der Waals surface area contributed by atoms with Gasteiger partial charge in [-0.2, -0.15) is 0 Å². The maximum atomic E-state index is 12.5. The van der Waals surface area contributed by atoms with Crippen LogP contribution in [-0.4, -0.2) is 58.2 Å². The van der Waals surface area contributed by atoms with Crippen molar-refractivity contribution in [3.8, 4) is 0 Å². The van der Waals surface area contributed by atoms with Crippen LogP contribution in [0.2, 0.25) is 0 Å². The molecule has 0 spiro atoms. The van der Waals surface area contributed by atoms with Crippen LogP contribution in [0.25, 0.3) is 10.2 Å². The van der Waals surface area contributed by atoms with Gasteiger partial charge >= 0.3 is 0 Å². The fourth-order valence-corrected chi connectivity index (χ4v) is 4.56. The van der Waals surface area contributed by atoms with Crippen molar-refractivity contribution in [2.45, 2.75) is 4.90 Å². The predicted molar refractivity (Wildman–Crippen MR) is 102 cm³/mol. The third kappa shape index (κ3) is 3.19. The second-order valence-electron chi connectivity index (χ2n) is 5.67. The van der Waals surface area contributed by atoms with Gasteiger partial charge in [-0.25, -0.2) is 9.97 Å². The summed E-state index contributed by atoms with van der Waals surface area (Å²) in [5.41, 5.74) is 1.48. The molecule has 1 amide bonds. The molecule has 3 heterocycles.